The van der Waals surface area contributed by atoms with Gasteiger partial charge in [-0.1, -0.05) is 13.3 Å². The zero-order valence-corrected chi connectivity index (χ0v) is 15.3. The highest BCUT2D eigenvalue weighted by Crippen LogP contribution is 1.96. The topological polar surface area (TPSA) is 48.3 Å². The third-order valence-corrected chi connectivity index (χ3v) is 3.97. The van der Waals surface area contributed by atoms with Gasteiger partial charge in [0.15, 0.2) is 0 Å². The standard InChI is InChI=1S/C16H34N4O2/c1-7-13-14-20(16(22)18(10-4)11-5)19(12-6)15(21)17(8-2)9-3/h7-14H2,1-6H3/p+1. The molecule has 0 aromatic rings. The summed E-state index contributed by atoms with van der Waals surface area (Å²) in [5.74, 6) is 0. The molecule has 0 bridgehead atoms. The summed E-state index contributed by atoms with van der Waals surface area (Å²) in [6, 6.07) is -0.0556. The number of hydrogen-bond donors (Lipinski definition) is 1. The molecule has 0 saturated carbocycles. The minimum Gasteiger partial charge on any atom is -0.321 e. The molecule has 6 nitrogen and oxygen atoms in total. The van der Waals surface area contributed by atoms with Crippen molar-refractivity contribution < 1.29 is 14.6 Å². The highest BCUT2D eigenvalue weighted by Gasteiger charge is 2.34. The van der Waals surface area contributed by atoms with Crippen molar-refractivity contribution in [1.29, 1.82) is 0 Å². The van der Waals surface area contributed by atoms with Crippen LogP contribution in [0.25, 0.3) is 0 Å². The maximum Gasteiger partial charge on any atom is 0.442 e. The number of carbonyl (C=O) groups excluding carboxylic acids is 2. The Hall–Kier alpha value is -1.30. The maximum atomic E-state index is 12.8. The summed E-state index contributed by atoms with van der Waals surface area (Å²) in [7, 11) is 0. The fraction of sp³-hybridized carbons (Fsp3) is 0.875. The van der Waals surface area contributed by atoms with Crippen molar-refractivity contribution in [2.45, 2.75) is 54.4 Å². The average Bonchev–Trinajstić information content (AvgIpc) is 2.53. The van der Waals surface area contributed by atoms with E-state index in [1.807, 2.05) is 34.6 Å². The Balaban J connectivity index is 5.33. The number of rotatable bonds is 8. The van der Waals surface area contributed by atoms with Crippen LogP contribution in [-0.2, 0) is 0 Å². The molecule has 0 spiro atoms. The molecule has 22 heavy (non-hydrogen) atoms. The molecule has 4 amide bonds. The number of urea groups is 2. The number of nitrogens with one attached hydrogen (secondary N) is 1. The molecule has 1 N–H and O–H groups in total. The predicted octanol–water partition coefficient (Wildman–Crippen LogP) is 1.83. The van der Waals surface area contributed by atoms with Crippen LogP contribution in [-0.4, -0.2) is 66.1 Å². The molecule has 6 heteroatoms. The van der Waals surface area contributed by atoms with Crippen molar-refractivity contribution in [3.05, 3.63) is 0 Å². The van der Waals surface area contributed by atoms with Crippen molar-refractivity contribution in [1.82, 2.24) is 14.8 Å². The Kier molecular flexibility index (Phi) is 10.6. The summed E-state index contributed by atoms with van der Waals surface area (Å²) in [6.07, 6.45) is 1.93. The van der Waals surface area contributed by atoms with Gasteiger partial charge < -0.3 is 4.90 Å². The molecule has 1 unspecified atom stereocenters. The monoisotopic (exact) mass is 315 g/mol. The first-order valence-corrected chi connectivity index (χ1v) is 8.73. The Bertz CT molecular complexity index is 328. The maximum absolute atomic E-state index is 12.8. The van der Waals surface area contributed by atoms with Gasteiger partial charge in [0.25, 0.3) is 0 Å². The Morgan fingerprint density at radius 2 is 1.27 bits per heavy atom. The van der Waals surface area contributed by atoms with Crippen LogP contribution < -0.4 is 5.01 Å². The molecular weight excluding hydrogens is 280 g/mol. The molecule has 130 valence electrons. The highest BCUT2D eigenvalue weighted by molar-refractivity contribution is 5.75. The van der Waals surface area contributed by atoms with E-state index in [4.69, 9.17) is 0 Å². The van der Waals surface area contributed by atoms with Crippen molar-refractivity contribution in [2.24, 2.45) is 0 Å². The Morgan fingerprint density at radius 1 is 0.773 bits per heavy atom. The first-order chi connectivity index (χ1) is 10.5. The second kappa shape index (κ2) is 11.3. The van der Waals surface area contributed by atoms with Crippen LogP contribution in [0.3, 0.4) is 0 Å². The summed E-state index contributed by atoms with van der Waals surface area (Å²) < 4.78 is 0. The molecule has 0 fully saturated rings. The van der Waals surface area contributed by atoms with Gasteiger partial charge >= 0.3 is 12.1 Å². The molecule has 0 aliphatic heterocycles. The molecule has 0 rings (SSSR count). The molecule has 0 aliphatic carbocycles. The van der Waals surface area contributed by atoms with Crippen LogP contribution >= 0.6 is 0 Å². The fourth-order valence-electron chi connectivity index (χ4n) is 2.50. The van der Waals surface area contributed by atoms with Crippen LogP contribution in [0.2, 0.25) is 0 Å². The lowest BCUT2D eigenvalue weighted by molar-refractivity contribution is -0.931. The largest absolute Gasteiger partial charge is 0.442 e. The van der Waals surface area contributed by atoms with E-state index in [0.717, 1.165) is 12.8 Å². The zero-order valence-electron chi connectivity index (χ0n) is 15.3. The van der Waals surface area contributed by atoms with E-state index < -0.39 is 0 Å². The molecule has 0 heterocycles. The third kappa shape index (κ3) is 5.48. The molecular formula is C16H35N4O2+. The first kappa shape index (κ1) is 20.7. The Morgan fingerprint density at radius 3 is 1.64 bits per heavy atom. The van der Waals surface area contributed by atoms with E-state index in [9.17, 15) is 9.59 Å². The number of hydrogen-bond acceptors (Lipinski definition) is 2. The van der Waals surface area contributed by atoms with Gasteiger partial charge in [0, 0.05) is 26.2 Å². The van der Waals surface area contributed by atoms with Crippen LogP contribution in [0.15, 0.2) is 0 Å². The van der Waals surface area contributed by atoms with Crippen LogP contribution in [0, 0.1) is 0 Å². The second-order valence-corrected chi connectivity index (χ2v) is 5.23. The number of carbonyl (C=O) groups is 2. The lowest BCUT2D eigenvalue weighted by Gasteiger charge is -2.34. The molecule has 1 atom stereocenters. The van der Waals surface area contributed by atoms with Crippen molar-refractivity contribution in [2.75, 3.05) is 39.3 Å². The molecule has 0 radical (unpaired) electrons. The smallest absolute Gasteiger partial charge is 0.321 e. The van der Waals surface area contributed by atoms with E-state index in [-0.39, 0.29) is 12.1 Å². The summed E-state index contributed by atoms with van der Waals surface area (Å²) >= 11 is 0. The number of nitrogens with zero attached hydrogens (tertiary/aromatic N) is 3. The summed E-state index contributed by atoms with van der Waals surface area (Å²) in [5, 5.41) is 2.31. The van der Waals surface area contributed by atoms with Gasteiger partial charge in [-0.2, -0.15) is 5.01 Å². The summed E-state index contributed by atoms with van der Waals surface area (Å²) in [4.78, 5) is 29.1. The van der Waals surface area contributed by atoms with Gasteiger partial charge in [-0.15, -0.1) is 5.01 Å². The number of quaternary nitrogens is 1. The lowest BCUT2D eigenvalue weighted by Crippen LogP contribution is -3.22. The SMILES string of the molecule is CCCC[NH+](C(=O)N(CC)CC)N(CC)C(=O)N(CC)CC. The zero-order chi connectivity index (χ0) is 17.1. The van der Waals surface area contributed by atoms with Gasteiger partial charge in [0.2, 0.25) is 0 Å². The third-order valence-electron chi connectivity index (χ3n) is 3.97. The first-order valence-electron chi connectivity index (χ1n) is 8.73. The normalized spacial score (nSPS) is 11.9. The molecule has 0 aromatic carbocycles. The van der Waals surface area contributed by atoms with Crippen LogP contribution in [0.4, 0.5) is 9.59 Å². The predicted molar refractivity (Wildman–Crippen MR) is 89.8 cm³/mol. The minimum absolute atomic E-state index is 0.000746. The van der Waals surface area contributed by atoms with Gasteiger partial charge in [0.1, 0.15) is 6.54 Å². The number of amides is 4. The van der Waals surface area contributed by atoms with Crippen LogP contribution in [0.1, 0.15) is 54.4 Å². The van der Waals surface area contributed by atoms with E-state index in [1.54, 1.807) is 14.8 Å². The highest BCUT2D eigenvalue weighted by atomic mass is 16.2. The van der Waals surface area contributed by atoms with E-state index in [2.05, 4.69) is 6.92 Å². The van der Waals surface area contributed by atoms with Gasteiger partial charge in [-0.25, -0.2) is 9.59 Å². The van der Waals surface area contributed by atoms with Crippen LogP contribution in [0.5, 0.6) is 0 Å². The van der Waals surface area contributed by atoms with Gasteiger partial charge in [-0.3, -0.25) is 4.90 Å². The van der Waals surface area contributed by atoms with E-state index >= 15 is 0 Å². The second-order valence-electron chi connectivity index (χ2n) is 5.23. The minimum atomic E-state index is -0.0564. The summed E-state index contributed by atoms with van der Waals surface area (Å²) in [5.41, 5.74) is 0. The summed E-state index contributed by atoms with van der Waals surface area (Å²) in [6.45, 7) is 15.8. The van der Waals surface area contributed by atoms with Gasteiger partial charge in [-0.05, 0) is 41.0 Å². The average molecular weight is 315 g/mol. The molecule has 0 aromatic heterocycles. The Labute approximate surface area is 136 Å². The van der Waals surface area contributed by atoms with Crippen molar-refractivity contribution in [3.8, 4) is 0 Å². The van der Waals surface area contributed by atoms with Crippen molar-refractivity contribution in [3.63, 3.8) is 0 Å². The molecule has 0 saturated heterocycles. The van der Waals surface area contributed by atoms with Gasteiger partial charge in [0.05, 0.1) is 6.54 Å². The van der Waals surface area contributed by atoms with Crippen molar-refractivity contribution >= 4 is 12.1 Å². The molecule has 0 aliphatic rings. The van der Waals surface area contributed by atoms with E-state index in [0.29, 0.717) is 44.3 Å². The fourth-order valence-corrected chi connectivity index (χ4v) is 2.50. The lowest BCUT2D eigenvalue weighted by atomic mass is 10.3. The van der Waals surface area contributed by atoms with E-state index in [1.165, 1.54) is 0 Å². The number of unbranched alkanes of at least 4 members (excludes halogenated alkanes) is 1. The quantitative estimate of drug-likeness (QED) is 0.695.